The third kappa shape index (κ3) is 15.5. The van der Waals surface area contributed by atoms with Crippen LogP contribution in [0.15, 0.2) is 54.6 Å². The van der Waals surface area contributed by atoms with Crippen LogP contribution in [-0.4, -0.2) is 44.3 Å². The molecular formula is C33H52NO3+. The largest absolute Gasteiger partial charge is 0.490 e. The van der Waals surface area contributed by atoms with Crippen LogP contribution in [0.2, 0.25) is 0 Å². The van der Waals surface area contributed by atoms with Crippen molar-refractivity contribution in [1.82, 2.24) is 0 Å². The Bertz CT molecular complexity index is 832. The Kier molecular flexibility index (Phi) is 15.7. The summed E-state index contributed by atoms with van der Waals surface area (Å²) < 4.78 is 12.0. The number of aryl methyl sites for hydroxylation is 1. The fraction of sp³-hybridized carbons (Fsp3) is 0.606. The second-order valence-corrected chi connectivity index (χ2v) is 11.1. The maximum atomic E-state index is 12.1. The number of esters is 1. The first-order chi connectivity index (χ1) is 18.0. The SMILES string of the molecule is CCCCCCCCCCCc1ccc(OCCOC(=O)CCCC[N+](C)(C)Cc2ccccc2)cc1. The van der Waals surface area contributed by atoms with E-state index in [0.717, 1.165) is 42.6 Å². The highest BCUT2D eigenvalue weighted by molar-refractivity contribution is 5.69. The van der Waals surface area contributed by atoms with Gasteiger partial charge in [0.25, 0.3) is 0 Å². The molecule has 0 saturated carbocycles. The van der Waals surface area contributed by atoms with Crippen LogP contribution in [0, 0.1) is 0 Å². The van der Waals surface area contributed by atoms with Gasteiger partial charge < -0.3 is 14.0 Å². The smallest absolute Gasteiger partial charge is 0.305 e. The molecule has 0 aromatic heterocycles. The molecule has 0 fully saturated rings. The lowest BCUT2D eigenvalue weighted by Crippen LogP contribution is -2.39. The highest BCUT2D eigenvalue weighted by atomic mass is 16.6. The van der Waals surface area contributed by atoms with Gasteiger partial charge in [0.15, 0.2) is 0 Å². The fourth-order valence-corrected chi connectivity index (χ4v) is 4.75. The number of carbonyl (C=O) groups is 1. The third-order valence-electron chi connectivity index (χ3n) is 6.96. The first kappa shape index (κ1) is 30.9. The monoisotopic (exact) mass is 510 g/mol. The molecule has 0 amide bonds. The molecule has 0 aliphatic carbocycles. The van der Waals surface area contributed by atoms with Crippen molar-refractivity contribution < 1.29 is 18.8 Å². The number of ether oxygens (including phenoxy) is 2. The Hall–Kier alpha value is -2.33. The van der Waals surface area contributed by atoms with Gasteiger partial charge >= 0.3 is 5.97 Å². The Balaban J connectivity index is 1.46. The third-order valence-corrected chi connectivity index (χ3v) is 6.96. The van der Waals surface area contributed by atoms with Gasteiger partial charge in [0.2, 0.25) is 0 Å². The zero-order valence-corrected chi connectivity index (χ0v) is 23.9. The van der Waals surface area contributed by atoms with Gasteiger partial charge in [0.05, 0.1) is 20.6 Å². The fourth-order valence-electron chi connectivity index (χ4n) is 4.75. The topological polar surface area (TPSA) is 35.5 Å². The lowest BCUT2D eigenvalue weighted by Gasteiger charge is -2.30. The van der Waals surface area contributed by atoms with Crippen LogP contribution in [0.4, 0.5) is 0 Å². The highest BCUT2D eigenvalue weighted by Gasteiger charge is 2.15. The minimum atomic E-state index is -0.131. The summed E-state index contributed by atoms with van der Waals surface area (Å²) in [6, 6.07) is 18.9. The van der Waals surface area contributed by atoms with E-state index in [0.29, 0.717) is 19.6 Å². The molecule has 2 aromatic carbocycles. The van der Waals surface area contributed by atoms with Gasteiger partial charge in [-0.2, -0.15) is 0 Å². The van der Waals surface area contributed by atoms with Crippen LogP contribution in [0.5, 0.6) is 5.75 Å². The van der Waals surface area contributed by atoms with Crippen molar-refractivity contribution >= 4 is 5.97 Å². The van der Waals surface area contributed by atoms with Crippen LogP contribution in [0.1, 0.15) is 95.1 Å². The molecule has 37 heavy (non-hydrogen) atoms. The van der Waals surface area contributed by atoms with E-state index >= 15 is 0 Å². The van der Waals surface area contributed by atoms with E-state index in [-0.39, 0.29) is 5.97 Å². The maximum Gasteiger partial charge on any atom is 0.305 e. The quantitative estimate of drug-likeness (QED) is 0.0966. The molecule has 0 unspecified atom stereocenters. The van der Waals surface area contributed by atoms with E-state index < -0.39 is 0 Å². The van der Waals surface area contributed by atoms with Gasteiger partial charge in [-0.1, -0.05) is 101 Å². The molecule has 0 N–H and O–H groups in total. The normalized spacial score (nSPS) is 11.4. The van der Waals surface area contributed by atoms with Gasteiger partial charge in [-0.3, -0.25) is 4.79 Å². The van der Waals surface area contributed by atoms with Crippen LogP contribution in [-0.2, 0) is 22.5 Å². The van der Waals surface area contributed by atoms with Gasteiger partial charge in [-0.15, -0.1) is 0 Å². The number of rotatable bonds is 21. The maximum absolute atomic E-state index is 12.1. The van der Waals surface area contributed by atoms with E-state index in [2.05, 4.69) is 63.5 Å². The standard InChI is InChI=1S/C33H52NO3/c1-4-5-6-7-8-9-10-11-13-18-30-22-24-32(25-23-30)36-27-28-37-33(35)21-16-17-26-34(2,3)29-31-19-14-12-15-20-31/h12,14-15,19-20,22-25H,4-11,13,16-18,21,26-29H2,1-3H3/q+1. The summed E-state index contributed by atoms with van der Waals surface area (Å²) in [5.74, 6) is 0.707. The van der Waals surface area contributed by atoms with Crippen molar-refractivity contribution in [3.63, 3.8) is 0 Å². The second-order valence-electron chi connectivity index (χ2n) is 11.1. The Morgan fingerprint density at radius 2 is 1.35 bits per heavy atom. The molecule has 4 heteroatoms. The van der Waals surface area contributed by atoms with Gasteiger partial charge in [-0.25, -0.2) is 0 Å². The average Bonchev–Trinajstić information content (AvgIpc) is 2.89. The van der Waals surface area contributed by atoms with Crippen LogP contribution < -0.4 is 4.74 Å². The predicted octanol–water partition coefficient (Wildman–Crippen LogP) is 8.13. The van der Waals surface area contributed by atoms with Gasteiger partial charge in [-0.05, 0) is 43.4 Å². The zero-order chi connectivity index (χ0) is 26.6. The predicted molar refractivity (Wildman–Crippen MR) is 155 cm³/mol. The Morgan fingerprint density at radius 3 is 2.03 bits per heavy atom. The highest BCUT2D eigenvalue weighted by Crippen LogP contribution is 2.16. The summed E-state index contributed by atoms with van der Waals surface area (Å²) in [4.78, 5) is 12.1. The summed E-state index contributed by atoms with van der Waals surface area (Å²) >= 11 is 0. The van der Waals surface area contributed by atoms with Crippen LogP contribution >= 0.6 is 0 Å². The second kappa shape index (κ2) is 18.8. The summed E-state index contributed by atoms with van der Waals surface area (Å²) in [5, 5.41) is 0. The van der Waals surface area contributed by atoms with Crippen molar-refractivity contribution in [2.24, 2.45) is 0 Å². The summed E-state index contributed by atoms with van der Waals surface area (Å²) in [6.45, 7) is 5.01. The molecule has 2 aromatic rings. The van der Waals surface area contributed by atoms with Crippen molar-refractivity contribution in [2.45, 2.75) is 96.9 Å². The van der Waals surface area contributed by atoms with E-state index in [1.807, 2.05) is 12.1 Å². The molecular weight excluding hydrogens is 458 g/mol. The number of quaternary nitrogens is 1. The van der Waals surface area contributed by atoms with Crippen molar-refractivity contribution in [1.29, 1.82) is 0 Å². The molecule has 4 nitrogen and oxygen atoms in total. The minimum absolute atomic E-state index is 0.131. The number of carbonyl (C=O) groups excluding carboxylic acids is 1. The molecule has 0 aliphatic rings. The van der Waals surface area contributed by atoms with Crippen LogP contribution in [0.25, 0.3) is 0 Å². The molecule has 0 radical (unpaired) electrons. The van der Waals surface area contributed by atoms with Gasteiger partial charge in [0.1, 0.15) is 25.5 Å². The minimum Gasteiger partial charge on any atom is -0.490 e. The summed E-state index contributed by atoms with van der Waals surface area (Å²) in [5.41, 5.74) is 2.72. The number of unbranched alkanes of at least 4 members (excludes halogenated alkanes) is 9. The zero-order valence-electron chi connectivity index (χ0n) is 23.9. The summed E-state index contributed by atoms with van der Waals surface area (Å²) in [7, 11) is 4.49. The number of hydrogen-bond donors (Lipinski definition) is 0. The van der Waals surface area contributed by atoms with Crippen molar-refractivity contribution in [2.75, 3.05) is 33.9 Å². The first-order valence-corrected chi connectivity index (χ1v) is 14.7. The Morgan fingerprint density at radius 1 is 0.703 bits per heavy atom. The van der Waals surface area contributed by atoms with Gasteiger partial charge in [0, 0.05) is 12.0 Å². The summed E-state index contributed by atoms with van der Waals surface area (Å²) in [6.07, 6.45) is 15.7. The average molecular weight is 511 g/mol. The lowest BCUT2D eigenvalue weighted by atomic mass is 10.0. The van der Waals surface area contributed by atoms with E-state index in [1.54, 1.807) is 0 Å². The molecule has 2 rings (SSSR count). The van der Waals surface area contributed by atoms with Crippen LogP contribution in [0.3, 0.4) is 0 Å². The molecule has 206 valence electrons. The molecule has 0 atom stereocenters. The first-order valence-electron chi connectivity index (χ1n) is 14.7. The molecule has 0 aliphatic heterocycles. The molecule has 0 spiro atoms. The molecule has 0 heterocycles. The number of hydrogen-bond acceptors (Lipinski definition) is 3. The van der Waals surface area contributed by atoms with E-state index in [1.165, 1.54) is 68.9 Å². The van der Waals surface area contributed by atoms with E-state index in [4.69, 9.17) is 9.47 Å². The molecule has 0 saturated heterocycles. The van der Waals surface area contributed by atoms with Crippen molar-refractivity contribution in [3.8, 4) is 5.75 Å². The lowest BCUT2D eigenvalue weighted by molar-refractivity contribution is -0.903. The van der Waals surface area contributed by atoms with Crippen molar-refractivity contribution in [3.05, 3.63) is 65.7 Å². The Labute approximate surface area is 227 Å². The molecule has 0 bridgehead atoms. The number of benzene rings is 2. The number of nitrogens with zero attached hydrogens (tertiary/aromatic N) is 1. The van der Waals surface area contributed by atoms with E-state index in [9.17, 15) is 4.79 Å².